The zero-order chi connectivity index (χ0) is 30.2. The van der Waals surface area contributed by atoms with E-state index in [4.69, 9.17) is 0 Å². The molecule has 0 aliphatic carbocycles. The molecule has 0 aromatic heterocycles. The van der Waals surface area contributed by atoms with Gasteiger partial charge >= 0.3 is 0 Å². The lowest BCUT2D eigenvalue weighted by Crippen LogP contribution is -1.91. The molecule has 10 aromatic rings. The summed E-state index contributed by atoms with van der Waals surface area (Å²) in [6.07, 6.45) is 0. The van der Waals surface area contributed by atoms with Crippen LogP contribution in [0.2, 0.25) is 0 Å². The van der Waals surface area contributed by atoms with E-state index < -0.39 is 0 Å². The standard InChI is InChI=1S/C46H28/c1-3-12-32-26-42-34(24-30(32)10-1)16-8-18-38(42)39-19-9-20-40-44(39)28-35-14-5-6-17-37(35)46(40)41-21-7-15-29-22-23-36-25-31-11-2-4-13-33(31)27-43(36)45(29)41/h1-28H. The second kappa shape index (κ2) is 9.76. The van der Waals surface area contributed by atoms with Crippen LogP contribution in [0.4, 0.5) is 0 Å². The Bertz CT molecular complexity index is 2850. The Morgan fingerprint density at radius 2 is 0.652 bits per heavy atom. The van der Waals surface area contributed by atoms with Gasteiger partial charge in [0.2, 0.25) is 0 Å². The third kappa shape index (κ3) is 3.74. The number of hydrogen-bond acceptors (Lipinski definition) is 0. The zero-order valence-electron chi connectivity index (χ0n) is 25.2. The molecule has 0 aliphatic heterocycles. The zero-order valence-corrected chi connectivity index (χ0v) is 25.2. The van der Waals surface area contributed by atoms with Gasteiger partial charge in [-0.1, -0.05) is 140 Å². The molecule has 0 heteroatoms. The largest absolute Gasteiger partial charge is 0.0616 e. The van der Waals surface area contributed by atoms with Crippen molar-refractivity contribution in [3.63, 3.8) is 0 Å². The first-order chi connectivity index (χ1) is 22.8. The quantitative estimate of drug-likeness (QED) is 0.141. The fraction of sp³-hybridized carbons (Fsp3) is 0. The van der Waals surface area contributed by atoms with Crippen molar-refractivity contribution in [1.29, 1.82) is 0 Å². The molecular weight excluding hydrogens is 553 g/mol. The molecule has 0 fully saturated rings. The molecule has 10 aromatic carbocycles. The highest BCUT2D eigenvalue weighted by Crippen LogP contribution is 2.45. The van der Waals surface area contributed by atoms with Gasteiger partial charge in [0, 0.05) is 0 Å². The Morgan fingerprint density at radius 1 is 0.217 bits per heavy atom. The normalized spacial score (nSPS) is 11.9. The number of hydrogen-bond donors (Lipinski definition) is 0. The highest BCUT2D eigenvalue weighted by Gasteiger charge is 2.17. The summed E-state index contributed by atoms with van der Waals surface area (Å²) in [4.78, 5) is 0. The van der Waals surface area contributed by atoms with E-state index in [9.17, 15) is 0 Å². The molecule has 0 N–H and O–H groups in total. The van der Waals surface area contributed by atoms with Crippen LogP contribution in [0, 0.1) is 0 Å². The predicted octanol–water partition coefficient (Wildman–Crippen LogP) is 13.1. The van der Waals surface area contributed by atoms with Crippen molar-refractivity contribution in [2.45, 2.75) is 0 Å². The lowest BCUT2D eigenvalue weighted by atomic mass is 9.85. The van der Waals surface area contributed by atoms with Gasteiger partial charge in [0.15, 0.2) is 0 Å². The van der Waals surface area contributed by atoms with Gasteiger partial charge in [-0.3, -0.25) is 0 Å². The summed E-state index contributed by atoms with van der Waals surface area (Å²) in [6, 6.07) is 63.0. The Balaban J connectivity index is 1.34. The molecule has 0 nitrogen and oxygen atoms in total. The first-order valence-corrected chi connectivity index (χ1v) is 16.0. The lowest BCUT2D eigenvalue weighted by molar-refractivity contribution is 1.69. The highest BCUT2D eigenvalue weighted by molar-refractivity contribution is 6.24. The molecule has 0 atom stereocenters. The summed E-state index contributed by atoms with van der Waals surface area (Å²) in [5.41, 5.74) is 5.11. The van der Waals surface area contributed by atoms with Crippen LogP contribution in [0.15, 0.2) is 170 Å². The summed E-state index contributed by atoms with van der Waals surface area (Å²) in [5.74, 6) is 0. The van der Waals surface area contributed by atoms with Gasteiger partial charge in [-0.2, -0.15) is 0 Å². The monoisotopic (exact) mass is 580 g/mol. The molecule has 0 bridgehead atoms. The summed E-state index contributed by atoms with van der Waals surface area (Å²) in [5, 5.41) is 17.9. The van der Waals surface area contributed by atoms with E-state index in [1.54, 1.807) is 0 Å². The van der Waals surface area contributed by atoms with Crippen LogP contribution in [-0.4, -0.2) is 0 Å². The van der Waals surface area contributed by atoms with Gasteiger partial charge in [-0.25, -0.2) is 0 Å². The molecule has 0 saturated heterocycles. The van der Waals surface area contributed by atoms with Crippen LogP contribution in [0.3, 0.4) is 0 Å². The van der Waals surface area contributed by atoms with Crippen LogP contribution in [-0.2, 0) is 0 Å². The maximum absolute atomic E-state index is 2.40. The van der Waals surface area contributed by atoms with E-state index in [0.29, 0.717) is 0 Å². The first-order valence-electron chi connectivity index (χ1n) is 16.0. The summed E-state index contributed by atoms with van der Waals surface area (Å²) < 4.78 is 0. The lowest BCUT2D eigenvalue weighted by Gasteiger charge is -2.18. The third-order valence-corrected chi connectivity index (χ3v) is 9.94. The minimum Gasteiger partial charge on any atom is -0.0616 e. The van der Waals surface area contributed by atoms with E-state index >= 15 is 0 Å². The van der Waals surface area contributed by atoms with E-state index in [0.717, 1.165) is 0 Å². The fourth-order valence-electron chi connectivity index (χ4n) is 7.83. The van der Waals surface area contributed by atoms with Gasteiger partial charge < -0.3 is 0 Å². The molecule has 0 saturated carbocycles. The van der Waals surface area contributed by atoms with Crippen LogP contribution in [0.5, 0.6) is 0 Å². The number of fused-ring (bicyclic) bond motifs is 8. The summed E-state index contributed by atoms with van der Waals surface area (Å²) in [7, 11) is 0. The smallest absolute Gasteiger partial charge is 0.00201 e. The van der Waals surface area contributed by atoms with Crippen molar-refractivity contribution in [2.75, 3.05) is 0 Å². The van der Waals surface area contributed by atoms with Gasteiger partial charge in [-0.05, 0) is 128 Å². The maximum Gasteiger partial charge on any atom is -0.00201 e. The predicted molar refractivity (Wildman–Crippen MR) is 200 cm³/mol. The van der Waals surface area contributed by atoms with Crippen LogP contribution in [0.25, 0.3) is 97.7 Å². The average Bonchev–Trinajstić information content (AvgIpc) is 3.11. The second-order valence-electron chi connectivity index (χ2n) is 12.5. The van der Waals surface area contributed by atoms with E-state index in [-0.39, 0.29) is 0 Å². The Kier molecular flexibility index (Phi) is 5.38. The summed E-state index contributed by atoms with van der Waals surface area (Å²) in [6.45, 7) is 0. The molecule has 0 unspecified atom stereocenters. The van der Waals surface area contributed by atoms with E-state index in [1.807, 2.05) is 0 Å². The molecule has 46 heavy (non-hydrogen) atoms. The molecular formula is C46H28. The SMILES string of the molecule is c1ccc2cc3c(-c4cccc5c(-c6cccc7ccc8cc9ccccc9cc8c67)c6ccccc6cc45)cccc3cc2c1. The molecule has 0 aliphatic rings. The van der Waals surface area contributed by atoms with Crippen molar-refractivity contribution < 1.29 is 0 Å². The molecule has 212 valence electrons. The molecule has 10 rings (SSSR count). The minimum absolute atomic E-state index is 1.26. The van der Waals surface area contributed by atoms with Crippen LogP contribution in [0.1, 0.15) is 0 Å². The third-order valence-electron chi connectivity index (χ3n) is 9.94. The second-order valence-corrected chi connectivity index (χ2v) is 12.5. The molecule has 0 heterocycles. The van der Waals surface area contributed by atoms with Gasteiger partial charge in [0.1, 0.15) is 0 Å². The average molecular weight is 581 g/mol. The summed E-state index contributed by atoms with van der Waals surface area (Å²) >= 11 is 0. The Labute approximate surface area is 266 Å². The van der Waals surface area contributed by atoms with Crippen LogP contribution >= 0.6 is 0 Å². The van der Waals surface area contributed by atoms with Crippen molar-refractivity contribution in [1.82, 2.24) is 0 Å². The van der Waals surface area contributed by atoms with E-state index in [1.165, 1.54) is 97.7 Å². The molecule has 0 radical (unpaired) electrons. The highest BCUT2D eigenvalue weighted by atomic mass is 14.2. The molecule has 0 spiro atoms. The first kappa shape index (κ1) is 25.4. The van der Waals surface area contributed by atoms with Gasteiger partial charge in [0.25, 0.3) is 0 Å². The Morgan fingerprint density at radius 3 is 1.39 bits per heavy atom. The number of rotatable bonds is 2. The van der Waals surface area contributed by atoms with Crippen molar-refractivity contribution in [3.05, 3.63) is 170 Å². The fourth-order valence-corrected chi connectivity index (χ4v) is 7.83. The Hall–Kier alpha value is -5.98. The molecule has 0 amide bonds. The van der Waals surface area contributed by atoms with Crippen molar-refractivity contribution >= 4 is 75.4 Å². The number of benzene rings is 10. The minimum atomic E-state index is 1.26. The van der Waals surface area contributed by atoms with Gasteiger partial charge in [-0.15, -0.1) is 0 Å². The maximum atomic E-state index is 2.40. The topological polar surface area (TPSA) is 0 Å². The van der Waals surface area contributed by atoms with Crippen molar-refractivity contribution in [2.24, 2.45) is 0 Å². The van der Waals surface area contributed by atoms with Crippen LogP contribution < -0.4 is 0 Å². The van der Waals surface area contributed by atoms with Gasteiger partial charge in [0.05, 0.1) is 0 Å². The van der Waals surface area contributed by atoms with Crippen molar-refractivity contribution in [3.8, 4) is 22.3 Å². The van der Waals surface area contributed by atoms with E-state index in [2.05, 4.69) is 170 Å².